The lowest BCUT2D eigenvalue weighted by Crippen LogP contribution is -2.27. The molecule has 0 amide bonds. The number of nitrogens with one attached hydrogen (secondary N) is 1. The summed E-state index contributed by atoms with van der Waals surface area (Å²) in [5, 5.41) is 3.58. The summed E-state index contributed by atoms with van der Waals surface area (Å²) in [6.07, 6.45) is 3.78. The van der Waals surface area contributed by atoms with Crippen molar-refractivity contribution in [3.63, 3.8) is 0 Å². The Labute approximate surface area is 116 Å². The molecule has 1 aromatic carbocycles. The molecule has 3 nitrogen and oxygen atoms in total. The van der Waals surface area contributed by atoms with Crippen LogP contribution in [0.4, 0.5) is 0 Å². The fraction of sp³-hybridized carbons (Fsp3) is 0.625. The van der Waals surface area contributed by atoms with Crippen LogP contribution in [0.25, 0.3) is 0 Å². The van der Waals surface area contributed by atoms with Gasteiger partial charge in [-0.05, 0) is 37.3 Å². The van der Waals surface area contributed by atoms with Gasteiger partial charge in [-0.3, -0.25) is 0 Å². The molecule has 0 spiro atoms. The van der Waals surface area contributed by atoms with E-state index in [2.05, 4.69) is 25.2 Å². The van der Waals surface area contributed by atoms with E-state index in [1.165, 1.54) is 18.4 Å². The van der Waals surface area contributed by atoms with Gasteiger partial charge in [0.1, 0.15) is 11.5 Å². The third kappa shape index (κ3) is 3.63. The Morgan fingerprint density at radius 1 is 1.21 bits per heavy atom. The molecule has 1 aliphatic rings. The molecule has 1 aliphatic carbocycles. The van der Waals surface area contributed by atoms with Gasteiger partial charge >= 0.3 is 0 Å². The van der Waals surface area contributed by atoms with Crippen LogP contribution >= 0.6 is 0 Å². The van der Waals surface area contributed by atoms with E-state index in [0.29, 0.717) is 0 Å². The maximum absolute atomic E-state index is 5.51. The van der Waals surface area contributed by atoms with Gasteiger partial charge in [-0.1, -0.05) is 19.9 Å². The average molecular weight is 263 g/mol. The first-order valence-corrected chi connectivity index (χ1v) is 7.03. The van der Waals surface area contributed by atoms with Gasteiger partial charge in [-0.15, -0.1) is 0 Å². The minimum absolute atomic E-state index is 0.0967. The molecule has 0 aromatic heterocycles. The van der Waals surface area contributed by atoms with E-state index in [-0.39, 0.29) is 5.41 Å². The molecule has 0 atom stereocenters. The number of benzene rings is 1. The zero-order valence-electron chi connectivity index (χ0n) is 12.5. The number of rotatable bonds is 7. The second kappa shape index (κ2) is 5.83. The number of hydrogen-bond acceptors (Lipinski definition) is 3. The van der Waals surface area contributed by atoms with Gasteiger partial charge in [0.15, 0.2) is 0 Å². The van der Waals surface area contributed by atoms with Crippen molar-refractivity contribution in [1.29, 1.82) is 0 Å². The molecule has 0 saturated heterocycles. The highest BCUT2D eigenvalue weighted by molar-refractivity contribution is 5.44. The number of ether oxygens (including phenoxy) is 2. The van der Waals surface area contributed by atoms with Crippen LogP contribution in [0.3, 0.4) is 0 Å². The number of hydrogen-bond donors (Lipinski definition) is 1. The van der Waals surface area contributed by atoms with Gasteiger partial charge in [0.2, 0.25) is 0 Å². The highest BCUT2D eigenvalue weighted by Crippen LogP contribution is 2.36. The van der Waals surface area contributed by atoms with Crippen molar-refractivity contribution in [3.8, 4) is 11.5 Å². The summed E-state index contributed by atoms with van der Waals surface area (Å²) in [5.41, 5.74) is 1.34. The molecule has 1 fully saturated rings. The molecule has 0 bridgehead atoms. The Hall–Kier alpha value is -1.22. The SMILES string of the molecule is COc1ccc(C(C)(C)CCNC2CC2)c(OC)c1. The van der Waals surface area contributed by atoms with Crippen LogP contribution in [-0.4, -0.2) is 26.8 Å². The van der Waals surface area contributed by atoms with Gasteiger partial charge in [0.05, 0.1) is 14.2 Å². The topological polar surface area (TPSA) is 30.5 Å². The molecule has 0 radical (unpaired) electrons. The third-order valence-corrected chi connectivity index (χ3v) is 3.90. The molecule has 1 N–H and O–H groups in total. The molecular weight excluding hydrogens is 238 g/mol. The lowest BCUT2D eigenvalue weighted by molar-refractivity contribution is 0.372. The molecule has 3 heteroatoms. The van der Waals surface area contributed by atoms with Crippen LogP contribution in [0.2, 0.25) is 0 Å². The molecule has 0 unspecified atom stereocenters. The molecule has 0 heterocycles. The Kier molecular flexibility index (Phi) is 4.35. The minimum atomic E-state index is 0.0967. The van der Waals surface area contributed by atoms with Gasteiger partial charge in [-0.25, -0.2) is 0 Å². The summed E-state index contributed by atoms with van der Waals surface area (Å²) in [6.45, 7) is 5.60. The van der Waals surface area contributed by atoms with E-state index in [0.717, 1.165) is 30.5 Å². The Morgan fingerprint density at radius 2 is 1.95 bits per heavy atom. The van der Waals surface area contributed by atoms with Crippen molar-refractivity contribution in [2.45, 2.75) is 44.6 Å². The summed E-state index contributed by atoms with van der Waals surface area (Å²) in [4.78, 5) is 0. The van der Waals surface area contributed by atoms with Gasteiger partial charge in [0, 0.05) is 17.7 Å². The standard InChI is InChI=1S/C16H25NO2/c1-16(2,9-10-17-12-5-6-12)14-8-7-13(18-3)11-15(14)19-4/h7-8,11-12,17H,5-6,9-10H2,1-4H3. The van der Waals surface area contributed by atoms with Gasteiger partial charge in [0.25, 0.3) is 0 Å². The molecule has 19 heavy (non-hydrogen) atoms. The summed E-state index contributed by atoms with van der Waals surface area (Å²) in [7, 11) is 3.40. The van der Waals surface area contributed by atoms with Gasteiger partial charge in [-0.2, -0.15) is 0 Å². The summed E-state index contributed by atoms with van der Waals surface area (Å²) >= 11 is 0. The summed E-state index contributed by atoms with van der Waals surface area (Å²) in [5.74, 6) is 1.75. The third-order valence-electron chi connectivity index (χ3n) is 3.90. The van der Waals surface area contributed by atoms with Crippen molar-refractivity contribution in [1.82, 2.24) is 5.32 Å². The van der Waals surface area contributed by atoms with Crippen LogP contribution in [-0.2, 0) is 5.41 Å². The van der Waals surface area contributed by atoms with E-state index in [1.807, 2.05) is 12.1 Å². The highest BCUT2D eigenvalue weighted by atomic mass is 16.5. The maximum atomic E-state index is 5.51. The predicted octanol–water partition coefficient (Wildman–Crippen LogP) is 3.12. The zero-order valence-corrected chi connectivity index (χ0v) is 12.5. The molecule has 0 aliphatic heterocycles. The number of methoxy groups -OCH3 is 2. The van der Waals surface area contributed by atoms with Crippen LogP contribution < -0.4 is 14.8 Å². The monoisotopic (exact) mass is 263 g/mol. The largest absolute Gasteiger partial charge is 0.497 e. The molecule has 1 aromatic rings. The van der Waals surface area contributed by atoms with E-state index in [1.54, 1.807) is 14.2 Å². The van der Waals surface area contributed by atoms with Crippen LogP contribution in [0.5, 0.6) is 11.5 Å². The normalized spacial score (nSPS) is 15.4. The van der Waals surface area contributed by atoms with Crippen molar-refractivity contribution < 1.29 is 9.47 Å². The van der Waals surface area contributed by atoms with Crippen molar-refractivity contribution in [2.75, 3.05) is 20.8 Å². The fourth-order valence-corrected chi connectivity index (χ4v) is 2.37. The smallest absolute Gasteiger partial charge is 0.126 e. The first-order valence-electron chi connectivity index (χ1n) is 7.03. The second-order valence-electron chi connectivity index (χ2n) is 5.93. The van der Waals surface area contributed by atoms with E-state index in [4.69, 9.17) is 9.47 Å². The van der Waals surface area contributed by atoms with Crippen molar-refractivity contribution in [3.05, 3.63) is 23.8 Å². The van der Waals surface area contributed by atoms with Crippen LogP contribution in [0.1, 0.15) is 38.7 Å². The van der Waals surface area contributed by atoms with E-state index < -0.39 is 0 Å². The summed E-state index contributed by atoms with van der Waals surface area (Å²) in [6, 6.07) is 6.86. The van der Waals surface area contributed by atoms with Crippen molar-refractivity contribution >= 4 is 0 Å². The zero-order chi connectivity index (χ0) is 13.9. The Balaban J connectivity index is 2.08. The first kappa shape index (κ1) is 14.2. The van der Waals surface area contributed by atoms with Gasteiger partial charge < -0.3 is 14.8 Å². The fourth-order valence-electron chi connectivity index (χ4n) is 2.37. The molecule has 106 valence electrons. The minimum Gasteiger partial charge on any atom is -0.497 e. The predicted molar refractivity (Wildman–Crippen MR) is 78.2 cm³/mol. The summed E-state index contributed by atoms with van der Waals surface area (Å²) < 4.78 is 10.8. The first-order chi connectivity index (χ1) is 9.06. The van der Waals surface area contributed by atoms with Crippen molar-refractivity contribution in [2.24, 2.45) is 0 Å². The average Bonchev–Trinajstić information content (AvgIpc) is 3.21. The van der Waals surface area contributed by atoms with Crippen LogP contribution in [0, 0.1) is 0 Å². The van der Waals surface area contributed by atoms with E-state index in [9.17, 15) is 0 Å². The Morgan fingerprint density at radius 3 is 2.53 bits per heavy atom. The van der Waals surface area contributed by atoms with E-state index >= 15 is 0 Å². The molecule has 1 saturated carbocycles. The molecular formula is C16H25NO2. The highest BCUT2D eigenvalue weighted by Gasteiger charge is 2.26. The second-order valence-corrected chi connectivity index (χ2v) is 5.93. The lowest BCUT2D eigenvalue weighted by Gasteiger charge is -2.27. The van der Waals surface area contributed by atoms with Crippen LogP contribution in [0.15, 0.2) is 18.2 Å². The molecule has 2 rings (SSSR count). The maximum Gasteiger partial charge on any atom is 0.126 e. The Bertz CT molecular complexity index is 425. The quantitative estimate of drug-likeness (QED) is 0.820. The lowest BCUT2D eigenvalue weighted by atomic mass is 9.81.